The molecular formula is C9H8AsN2O2. The molecule has 0 unspecified atom stereocenters. The summed E-state index contributed by atoms with van der Waals surface area (Å²) < 4.78 is 0.795. The number of nitro benzene ring substituents is 1. The standard InChI is InChI=1S/C9H8AsN2O2/c11-7-3-6-10-8-4-1-2-5-9(8)12(13)14/h1-2,4-5H,3,6H2. The van der Waals surface area contributed by atoms with E-state index in [-0.39, 0.29) is 26.4 Å². The molecule has 0 aliphatic heterocycles. The Kier molecular flexibility index (Phi) is 4.15. The Morgan fingerprint density at radius 2 is 2.21 bits per heavy atom. The van der Waals surface area contributed by atoms with Crippen molar-refractivity contribution in [3.8, 4) is 6.07 Å². The third-order valence-corrected chi connectivity index (χ3v) is 4.03. The van der Waals surface area contributed by atoms with Crippen LogP contribution in [0.25, 0.3) is 0 Å². The molecule has 0 aliphatic rings. The van der Waals surface area contributed by atoms with Gasteiger partial charge in [0.1, 0.15) is 0 Å². The van der Waals surface area contributed by atoms with Crippen LogP contribution in [0.2, 0.25) is 5.21 Å². The molecule has 0 aromatic heterocycles. The van der Waals surface area contributed by atoms with Gasteiger partial charge in [0.05, 0.1) is 0 Å². The Balaban J connectivity index is 2.75. The Labute approximate surface area is 88.4 Å². The van der Waals surface area contributed by atoms with Crippen molar-refractivity contribution in [1.82, 2.24) is 0 Å². The minimum atomic E-state index is -0.364. The van der Waals surface area contributed by atoms with E-state index in [4.69, 9.17) is 5.26 Å². The molecule has 71 valence electrons. The van der Waals surface area contributed by atoms with Crippen LogP contribution in [0.3, 0.4) is 0 Å². The summed E-state index contributed by atoms with van der Waals surface area (Å²) in [5, 5.41) is 19.7. The summed E-state index contributed by atoms with van der Waals surface area (Å²) in [4.78, 5) is 10.2. The van der Waals surface area contributed by atoms with Crippen molar-refractivity contribution >= 4 is 25.8 Å². The first-order valence-electron chi connectivity index (χ1n) is 4.03. The van der Waals surface area contributed by atoms with Gasteiger partial charge >= 0.3 is 88.1 Å². The zero-order valence-corrected chi connectivity index (χ0v) is 9.26. The minimum absolute atomic E-state index is 0.186. The van der Waals surface area contributed by atoms with Gasteiger partial charge in [0.2, 0.25) is 0 Å². The maximum atomic E-state index is 10.6. The van der Waals surface area contributed by atoms with E-state index in [2.05, 4.69) is 0 Å². The van der Waals surface area contributed by atoms with E-state index in [0.717, 1.165) is 9.56 Å². The molecule has 1 aromatic carbocycles. The molecule has 1 aromatic rings. The topological polar surface area (TPSA) is 66.9 Å². The molecule has 1 radical (unpaired) electrons. The first-order valence-corrected chi connectivity index (χ1v) is 6.30. The van der Waals surface area contributed by atoms with Crippen LogP contribution in [-0.4, -0.2) is 20.7 Å². The van der Waals surface area contributed by atoms with Gasteiger partial charge in [-0.3, -0.25) is 0 Å². The fourth-order valence-corrected chi connectivity index (χ4v) is 3.00. The van der Waals surface area contributed by atoms with Gasteiger partial charge in [0.25, 0.3) is 0 Å². The Morgan fingerprint density at radius 1 is 1.50 bits per heavy atom. The number of hydrogen-bond donors (Lipinski definition) is 0. The summed E-state index contributed by atoms with van der Waals surface area (Å²) in [5.41, 5.74) is 0.186. The number of para-hydroxylation sites is 1. The predicted molar refractivity (Wildman–Crippen MR) is 53.5 cm³/mol. The molecule has 0 N–H and O–H groups in total. The summed E-state index contributed by atoms with van der Waals surface area (Å²) in [6.07, 6.45) is 0.478. The summed E-state index contributed by atoms with van der Waals surface area (Å²) >= 11 is -0.253. The van der Waals surface area contributed by atoms with Gasteiger partial charge in [-0.1, -0.05) is 0 Å². The van der Waals surface area contributed by atoms with E-state index in [1.54, 1.807) is 18.2 Å². The molecule has 0 heterocycles. The molecule has 0 spiro atoms. The van der Waals surface area contributed by atoms with Crippen LogP contribution in [0, 0.1) is 21.4 Å². The molecule has 14 heavy (non-hydrogen) atoms. The summed E-state index contributed by atoms with van der Waals surface area (Å²) in [5.74, 6) is 0. The number of nitriles is 1. The van der Waals surface area contributed by atoms with Gasteiger partial charge in [-0.2, -0.15) is 0 Å². The van der Waals surface area contributed by atoms with Crippen molar-refractivity contribution in [2.75, 3.05) is 0 Å². The third-order valence-electron chi connectivity index (χ3n) is 1.58. The second kappa shape index (κ2) is 5.41. The van der Waals surface area contributed by atoms with Crippen molar-refractivity contribution in [2.24, 2.45) is 0 Å². The zero-order valence-electron chi connectivity index (χ0n) is 7.38. The molecule has 0 fully saturated rings. The quantitative estimate of drug-likeness (QED) is 0.350. The molecular weight excluding hydrogens is 243 g/mol. The van der Waals surface area contributed by atoms with Crippen molar-refractivity contribution in [3.05, 3.63) is 34.4 Å². The van der Waals surface area contributed by atoms with Gasteiger partial charge in [0.15, 0.2) is 0 Å². The normalized spacial score (nSPS) is 10.2. The second-order valence-electron chi connectivity index (χ2n) is 2.54. The number of nitro groups is 1. The van der Waals surface area contributed by atoms with Gasteiger partial charge in [0, 0.05) is 0 Å². The predicted octanol–water partition coefficient (Wildman–Crippen LogP) is 1.26. The number of rotatable bonds is 4. The van der Waals surface area contributed by atoms with Gasteiger partial charge in [-0.05, 0) is 0 Å². The van der Waals surface area contributed by atoms with Crippen LogP contribution in [0.4, 0.5) is 5.69 Å². The van der Waals surface area contributed by atoms with Crippen molar-refractivity contribution in [3.63, 3.8) is 0 Å². The van der Waals surface area contributed by atoms with Crippen molar-refractivity contribution in [1.29, 1.82) is 5.26 Å². The first-order chi connectivity index (χ1) is 6.75. The molecule has 0 atom stereocenters. The Bertz CT molecular complexity index is 373. The Morgan fingerprint density at radius 3 is 2.86 bits per heavy atom. The van der Waals surface area contributed by atoms with Crippen LogP contribution >= 0.6 is 0 Å². The summed E-state index contributed by atoms with van der Waals surface area (Å²) in [6.45, 7) is 0. The molecule has 5 heteroatoms. The molecule has 0 bridgehead atoms. The van der Waals surface area contributed by atoms with E-state index >= 15 is 0 Å². The number of benzene rings is 1. The summed E-state index contributed by atoms with van der Waals surface area (Å²) in [6, 6.07) is 8.78. The third kappa shape index (κ3) is 2.86. The van der Waals surface area contributed by atoms with E-state index in [9.17, 15) is 10.1 Å². The molecule has 1 rings (SSSR count). The molecule has 0 amide bonds. The maximum absolute atomic E-state index is 10.6. The van der Waals surface area contributed by atoms with Crippen molar-refractivity contribution < 1.29 is 4.92 Å². The molecule has 4 nitrogen and oxygen atoms in total. The number of hydrogen-bond acceptors (Lipinski definition) is 3. The Hall–Kier alpha value is -1.33. The van der Waals surface area contributed by atoms with E-state index < -0.39 is 0 Å². The molecule has 0 aliphatic carbocycles. The molecule has 0 saturated carbocycles. The van der Waals surface area contributed by atoms with Gasteiger partial charge in [-0.25, -0.2) is 0 Å². The van der Waals surface area contributed by atoms with E-state index in [0.29, 0.717) is 6.42 Å². The number of nitrogens with zero attached hydrogens (tertiary/aromatic N) is 2. The monoisotopic (exact) mass is 251 g/mol. The SMILES string of the molecule is N#CCC[As]c1ccccc1[N+](=O)[O-]. The van der Waals surface area contributed by atoms with Crippen LogP contribution in [0.15, 0.2) is 24.3 Å². The fourth-order valence-electron chi connectivity index (χ4n) is 0.979. The van der Waals surface area contributed by atoms with Crippen LogP contribution in [0.5, 0.6) is 0 Å². The second-order valence-corrected chi connectivity index (χ2v) is 5.15. The van der Waals surface area contributed by atoms with Gasteiger partial charge in [-0.15, -0.1) is 0 Å². The van der Waals surface area contributed by atoms with Crippen molar-refractivity contribution in [2.45, 2.75) is 11.6 Å². The van der Waals surface area contributed by atoms with Crippen LogP contribution < -0.4 is 4.35 Å². The fraction of sp³-hybridized carbons (Fsp3) is 0.222. The van der Waals surface area contributed by atoms with E-state index in [1.165, 1.54) is 6.07 Å². The van der Waals surface area contributed by atoms with Crippen LogP contribution in [-0.2, 0) is 0 Å². The van der Waals surface area contributed by atoms with Gasteiger partial charge < -0.3 is 0 Å². The van der Waals surface area contributed by atoms with E-state index in [1.807, 2.05) is 6.07 Å². The molecule has 0 saturated heterocycles. The summed E-state index contributed by atoms with van der Waals surface area (Å²) in [7, 11) is 0. The first kappa shape index (κ1) is 10.7. The average molecular weight is 251 g/mol. The zero-order chi connectivity index (χ0) is 10.4. The average Bonchev–Trinajstić information content (AvgIpc) is 2.19. The van der Waals surface area contributed by atoms with Crippen LogP contribution in [0.1, 0.15) is 6.42 Å².